The van der Waals surface area contributed by atoms with E-state index in [0.29, 0.717) is 40.3 Å². The van der Waals surface area contributed by atoms with E-state index < -0.39 is 5.91 Å². The number of ether oxygens (including phenoxy) is 3. The first-order valence-electron chi connectivity index (χ1n) is 10.3. The molecule has 2 aliphatic heterocycles. The van der Waals surface area contributed by atoms with Gasteiger partial charge in [0.05, 0.1) is 17.7 Å². The molecule has 2 aromatic rings. The normalized spacial score (nSPS) is 16.4. The topological polar surface area (TPSA) is 96.6 Å². The van der Waals surface area contributed by atoms with Gasteiger partial charge in [-0.25, -0.2) is 0 Å². The van der Waals surface area contributed by atoms with Gasteiger partial charge in [-0.05, 0) is 66.2 Å². The van der Waals surface area contributed by atoms with Crippen LogP contribution in [0, 0.1) is 5.41 Å². The number of hydrogen-bond acceptors (Lipinski definition) is 7. The lowest BCUT2D eigenvalue weighted by Crippen LogP contribution is -2.35. The average Bonchev–Trinajstić information content (AvgIpc) is 3.24. The lowest BCUT2D eigenvalue weighted by Gasteiger charge is -2.20. The number of aliphatic imine (C=N–C) groups is 1. The van der Waals surface area contributed by atoms with Gasteiger partial charge in [0.1, 0.15) is 24.0 Å². The van der Waals surface area contributed by atoms with E-state index in [0.717, 1.165) is 15.3 Å². The van der Waals surface area contributed by atoms with E-state index in [9.17, 15) is 4.79 Å². The maximum atomic E-state index is 12.6. The molecule has 1 amide bonds. The van der Waals surface area contributed by atoms with E-state index >= 15 is 0 Å². The summed E-state index contributed by atoms with van der Waals surface area (Å²) in [7, 11) is 1.50. The van der Waals surface area contributed by atoms with E-state index in [-0.39, 0.29) is 18.0 Å². The van der Waals surface area contributed by atoms with Gasteiger partial charge in [-0.3, -0.25) is 10.2 Å². The Labute approximate surface area is 214 Å². The molecule has 8 nitrogen and oxygen atoms in total. The quantitative estimate of drug-likeness (QED) is 0.332. The van der Waals surface area contributed by atoms with Crippen LogP contribution in [0.3, 0.4) is 0 Å². The van der Waals surface area contributed by atoms with Crippen LogP contribution in [0.25, 0.3) is 6.08 Å². The van der Waals surface area contributed by atoms with Gasteiger partial charge in [-0.1, -0.05) is 34.5 Å². The number of nitrogens with one attached hydrogen (secondary N) is 1. The largest absolute Gasteiger partial charge is 0.493 e. The van der Waals surface area contributed by atoms with Crippen LogP contribution < -0.4 is 14.2 Å². The molecule has 0 unspecified atom stereocenters. The molecule has 0 aromatic heterocycles. The molecule has 0 aliphatic carbocycles. The molecule has 0 fully saturated rings. The molecule has 2 aliphatic rings. The smallest absolute Gasteiger partial charge is 0.283 e. The Bertz CT molecular complexity index is 1230. The van der Waals surface area contributed by atoms with Gasteiger partial charge < -0.3 is 14.2 Å². The Morgan fingerprint density at radius 3 is 2.65 bits per heavy atom. The number of thioether (sulfide) groups is 1. The third kappa shape index (κ3) is 5.29. The SMILES string of the molecule is CCC1=NN2C(=N)/C(=C\c3cc(Cl)c(OCCOc4ccc(Br)cc4)c(OC)c3)C(=O)N=C2S1. The predicted molar refractivity (Wildman–Crippen MR) is 138 cm³/mol. The average molecular weight is 564 g/mol. The Balaban J connectivity index is 1.48. The van der Waals surface area contributed by atoms with E-state index in [1.54, 1.807) is 18.2 Å². The first-order valence-corrected chi connectivity index (χ1v) is 12.3. The van der Waals surface area contributed by atoms with Crippen molar-refractivity contribution in [2.75, 3.05) is 20.3 Å². The zero-order chi connectivity index (χ0) is 24.2. The fraction of sp³-hybridized carbons (Fsp3) is 0.217. The molecule has 0 bridgehead atoms. The van der Waals surface area contributed by atoms with Crippen molar-refractivity contribution in [2.24, 2.45) is 10.1 Å². The highest BCUT2D eigenvalue weighted by atomic mass is 79.9. The van der Waals surface area contributed by atoms with Crippen LogP contribution >= 0.6 is 39.3 Å². The number of carbonyl (C=O) groups is 1. The first-order chi connectivity index (χ1) is 16.4. The summed E-state index contributed by atoms with van der Waals surface area (Å²) in [5, 5.41) is 15.7. The molecule has 11 heteroatoms. The minimum atomic E-state index is -0.503. The minimum absolute atomic E-state index is 0.0357. The number of rotatable bonds is 8. The van der Waals surface area contributed by atoms with Crippen molar-refractivity contribution in [3.8, 4) is 17.2 Å². The summed E-state index contributed by atoms with van der Waals surface area (Å²) in [6, 6.07) is 10.8. The second-order valence-electron chi connectivity index (χ2n) is 7.05. The molecule has 4 rings (SSSR count). The second kappa shape index (κ2) is 10.6. The van der Waals surface area contributed by atoms with Crippen LogP contribution in [0.1, 0.15) is 18.9 Å². The maximum Gasteiger partial charge on any atom is 0.283 e. The Morgan fingerprint density at radius 1 is 1.21 bits per heavy atom. The molecule has 0 atom stereocenters. The highest BCUT2D eigenvalue weighted by Crippen LogP contribution is 2.37. The summed E-state index contributed by atoms with van der Waals surface area (Å²) < 4.78 is 17.9. The summed E-state index contributed by atoms with van der Waals surface area (Å²) in [6.07, 6.45) is 2.24. The fourth-order valence-corrected chi connectivity index (χ4v) is 4.50. The van der Waals surface area contributed by atoms with Crippen molar-refractivity contribution in [1.82, 2.24) is 5.01 Å². The molecule has 0 spiro atoms. The number of methoxy groups -OCH3 is 1. The monoisotopic (exact) mass is 562 g/mol. The van der Waals surface area contributed by atoms with E-state index in [1.807, 2.05) is 31.2 Å². The third-order valence-corrected chi connectivity index (χ3v) is 6.64. The van der Waals surface area contributed by atoms with Crippen LogP contribution in [-0.2, 0) is 4.79 Å². The highest BCUT2D eigenvalue weighted by molar-refractivity contribution is 9.10. The number of amidine groups is 2. The fourth-order valence-electron chi connectivity index (χ4n) is 3.14. The highest BCUT2D eigenvalue weighted by Gasteiger charge is 2.35. The van der Waals surface area contributed by atoms with Crippen molar-refractivity contribution < 1.29 is 19.0 Å². The van der Waals surface area contributed by atoms with Gasteiger partial charge in [-0.15, -0.1) is 0 Å². The lowest BCUT2D eigenvalue weighted by molar-refractivity contribution is -0.114. The molecular weight excluding hydrogens is 544 g/mol. The predicted octanol–water partition coefficient (Wildman–Crippen LogP) is 5.60. The van der Waals surface area contributed by atoms with Crippen LogP contribution in [0.15, 0.2) is 56.5 Å². The number of hydrazone groups is 1. The Morgan fingerprint density at radius 2 is 1.94 bits per heavy atom. The standard InChI is InChI=1S/C23H20BrClN4O4S/c1-3-19-28-29-21(26)16(22(30)27-23(29)34-19)10-13-11-17(25)20(18(12-13)31-2)33-9-8-32-15-6-4-14(24)5-7-15/h4-7,10-12,26H,3,8-9H2,1-2H3/b16-10+,26-21?. The van der Waals surface area contributed by atoms with E-state index in [1.165, 1.54) is 23.9 Å². The molecule has 34 heavy (non-hydrogen) atoms. The summed E-state index contributed by atoms with van der Waals surface area (Å²) >= 11 is 11.1. The zero-order valence-electron chi connectivity index (χ0n) is 18.3. The van der Waals surface area contributed by atoms with E-state index in [4.69, 9.17) is 31.2 Å². The van der Waals surface area contributed by atoms with Gasteiger partial charge in [0.2, 0.25) is 5.17 Å². The summed E-state index contributed by atoms with van der Waals surface area (Å²) in [5.74, 6) is 0.946. The number of fused-ring (bicyclic) bond motifs is 1. The number of hydrogen-bond donors (Lipinski definition) is 1. The van der Waals surface area contributed by atoms with Crippen molar-refractivity contribution in [3.05, 3.63) is 57.0 Å². The molecule has 0 radical (unpaired) electrons. The van der Waals surface area contributed by atoms with Gasteiger partial charge in [0.25, 0.3) is 5.91 Å². The van der Waals surface area contributed by atoms with Gasteiger partial charge in [0, 0.05) is 4.47 Å². The Hall–Kier alpha value is -2.82. The van der Waals surface area contributed by atoms with E-state index in [2.05, 4.69) is 26.0 Å². The van der Waals surface area contributed by atoms with Gasteiger partial charge in [-0.2, -0.15) is 15.1 Å². The van der Waals surface area contributed by atoms with Crippen molar-refractivity contribution >= 4 is 67.3 Å². The summed E-state index contributed by atoms with van der Waals surface area (Å²) in [6.45, 7) is 2.52. The Kier molecular flexibility index (Phi) is 7.60. The van der Waals surface area contributed by atoms with Crippen LogP contribution in [0.5, 0.6) is 17.2 Å². The maximum absolute atomic E-state index is 12.6. The summed E-state index contributed by atoms with van der Waals surface area (Å²) in [4.78, 5) is 16.6. The number of halogens is 2. The molecule has 2 heterocycles. The van der Waals surface area contributed by atoms with Gasteiger partial charge in [0.15, 0.2) is 17.3 Å². The lowest BCUT2D eigenvalue weighted by atomic mass is 10.1. The second-order valence-corrected chi connectivity index (χ2v) is 9.42. The van der Waals surface area contributed by atoms with Crippen LogP contribution in [0.2, 0.25) is 5.02 Å². The number of benzene rings is 2. The van der Waals surface area contributed by atoms with Crippen molar-refractivity contribution in [3.63, 3.8) is 0 Å². The van der Waals surface area contributed by atoms with Crippen LogP contribution in [0.4, 0.5) is 0 Å². The zero-order valence-corrected chi connectivity index (χ0v) is 21.5. The molecule has 176 valence electrons. The molecule has 1 N–H and O–H groups in total. The molecule has 0 saturated heterocycles. The number of carbonyl (C=O) groups excluding carboxylic acids is 1. The number of amides is 1. The molecule has 2 aromatic carbocycles. The van der Waals surface area contributed by atoms with Crippen LogP contribution in [-0.4, -0.2) is 47.3 Å². The van der Waals surface area contributed by atoms with Crippen molar-refractivity contribution in [1.29, 1.82) is 5.41 Å². The minimum Gasteiger partial charge on any atom is -0.493 e. The van der Waals surface area contributed by atoms with Gasteiger partial charge >= 0.3 is 0 Å². The van der Waals surface area contributed by atoms with Crippen molar-refractivity contribution in [2.45, 2.75) is 13.3 Å². The summed E-state index contributed by atoms with van der Waals surface area (Å²) in [5.41, 5.74) is 0.679. The number of nitrogens with zero attached hydrogens (tertiary/aromatic N) is 3. The first kappa shape index (κ1) is 24.3. The third-order valence-electron chi connectivity index (χ3n) is 4.77. The molecule has 0 saturated carbocycles. The molecular formula is C23H20BrClN4O4S.